The minimum absolute atomic E-state index is 0.0559. The molecule has 126 valence electrons. The van der Waals surface area contributed by atoms with E-state index < -0.39 is 5.82 Å². The van der Waals surface area contributed by atoms with Crippen LogP contribution in [0.2, 0.25) is 0 Å². The number of benzene rings is 1. The van der Waals surface area contributed by atoms with E-state index in [-0.39, 0.29) is 18.3 Å². The zero-order chi connectivity index (χ0) is 17.5. The fraction of sp³-hybridized carbons (Fsp3) is 0.105. The molecule has 0 fully saturated rings. The van der Waals surface area contributed by atoms with Crippen molar-refractivity contribution in [1.82, 2.24) is 15.3 Å². The number of nitrogens with zero attached hydrogens (tertiary/aromatic N) is 2. The van der Waals surface area contributed by atoms with Crippen LogP contribution in [0, 0.1) is 5.82 Å². The van der Waals surface area contributed by atoms with Gasteiger partial charge in [-0.3, -0.25) is 14.8 Å². The van der Waals surface area contributed by atoms with Crippen LogP contribution in [-0.2, 0) is 11.3 Å². The fourth-order valence-electron chi connectivity index (χ4n) is 2.21. The van der Waals surface area contributed by atoms with Crippen molar-refractivity contribution in [2.75, 3.05) is 6.61 Å². The molecule has 2 aromatic heterocycles. The fourth-order valence-corrected chi connectivity index (χ4v) is 2.21. The molecule has 25 heavy (non-hydrogen) atoms. The van der Waals surface area contributed by atoms with Crippen molar-refractivity contribution >= 4 is 5.91 Å². The maximum absolute atomic E-state index is 13.4. The molecule has 0 saturated carbocycles. The lowest BCUT2D eigenvalue weighted by molar-refractivity contribution is -0.123. The van der Waals surface area contributed by atoms with Crippen LogP contribution in [0.15, 0.2) is 67.1 Å². The average molecular weight is 337 g/mol. The second-order valence-electron chi connectivity index (χ2n) is 5.29. The van der Waals surface area contributed by atoms with Crippen molar-refractivity contribution in [3.8, 4) is 17.0 Å². The largest absolute Gasteiger partial charge is 0.481 e. The Labute approximate surface area is 144 Å². The maximum atomic E-state index is 13.4. The van der Waals surface area contributed by atoms with Gasteiger partial charge >= 0.3 is 0 Å². The highest BCUT2D eigenvalue weighted by Crippen LogP contribution is 2.16. The van der Waals surface area contributed by atoms with Crippen LogP contribution in [0.3, 0.4) is 0 Å². The van der Waals surface area contributed by atoms with Crippen molar-refractivity contribution in [2.45, 2.75) is 6.54 Å². The summed E-state index contributed by atoms with van der Waals surface area (Å²) in [4.78, 5) is 20.2. The lowest BCUT2D eigenvalue weighted by atomic mass is 10.1. The molecular formula is C19H16FN3O2. The lowest BCUT2D eigenvalue weighted by Gasteiger charge is -2.09. The first kappa shape index (κ1) is 16.6. The minimum Gasteiger partial charge on any atom is -0.481 e. The van der Waals surface area contributed by atoms with Crippen molar-refractivity contribution < 1.29 is 13.9 Å². The molecule has 0 aliphatic rings. The number of nitrogens with one attached hydrogen (secondary N) is 1. The number of carbonyl (C=O) groups is 1. The maximum Gasteiger partial charge on any atom is 0.258 e. The lowest BCUT2D eigenvalue weighted by Crippen LogP contribution is -2.28. The quantitative estimate of drug-likeness (QED) is 0.751. The second-order valence-corrected chi connectivity index (χ2v) is 5.29. The summed E-state index contributed by atoms with van der Waals surface area (Å²) in [5, 5.41) is 2.74. The first-order valence-corrected chi connectivity index (χ1v) is 7.72. The summed E-state index contributed by atoms with van der Waals surface area (Å²) in [7, 11) is 0. The van der Waals surface area contributed by atoms with E-state index in [1.807, 2.05) is 24.3 Å². The van der Waals surface area contributed by atoms with Gasteiger partial charge in [0.25, 0.3) is 5.91 Å². The van der Waals surface area contributed by atoms with Gasteiger partial charge in [0.2, 0.25) is 0 Å². The number of para-hydroxylation sites is 1. The Morgan fingerprint density at radius 2 is 2.00 bits per heavy atom. The van der Waals surface area contributed by atoms with Gasteiger partial charge < -0.3 is 10.1 Å². The molecule has 0 atom stereocenters. The van der Waals surface area contributed by atoms with Crippen molar-refractivity contribution in [1.29, 1.82) is 0 Å². The molecule has 0 aliphatic heterocycles. The molecule has 1 aromatic carbocycles. The molecule has 1 amide bonds. The van der Waals surface area contributed by atoms with E-state index in [0.29, 0.717) is 6.54 Å². The van der Waals surface area contributed by atoms with E-state index in [9.17, 15) is 9.18 Å². The summed E-state index contributed by atoms with van der Waals surface area (Å²) >= 11 is 0. The summed E-state index contributed by atoms with van der Waals surface area (Å²) < 4.78 is 18.6. The zero-order valence-electron chi connectivity index (χ0n) is 13.4. The van der Waals surface area contributed by atoms with Gasteiger partial charge in [0, 0.05) is 30.7 Å². The normalized spacial score (nSPS) is 10.3. The zero-order valence-corrected chi connectivity index (χ0v) is 13.4. The van der Waals surface area contributed by atoms with Gasteiger partial charge in [-0.05, 0) is 42.0 Å². The molecule has 0 saturated heterocycles. The number of rotatable bonds is 6. The predicted molar refractivity (Wildman–Crippen MR) is 91.2 cm³/mol. The number of halogens is 1. The Morgan fingerprint density at radius 1 is 1.12 bits per heavy atom. The molecule has 0 spiro atoms. The molecule has 0 unspecified atom stereocenters. The summed E-state index contributed by atoms with van der Waals surface area (Å²) in [5.74, 6) is -0.769. The van der Waals surface area contributed by atoms with Crippen LogP contribution in [0.5, 0.6) is 5.75 Å². The Bertz CT molecular complexity index is 856. The number of aromatic nitrogens is 2. The van der Waals surface area contributed by atoms with Gasteiger partial charge in [-0.1, -0.05) is 12.1 Å². The van der Waals surface area contributed by atoms with E-state index in [1.165, 1.54) is 12.1 Å². The SMILES string of the molecule is O=C(COc1ccccc1F)NCc1ccnc(-c2cccnc2)c1. The Hall–Kier alpha value is -3.28. The van der Waals surface area contributed by atoms with Crippen molar-refractivity contribution in [2.24, 2.45) is 0 Å². The topological polar surface area (TPSA) is 64.1 Å². The van der Waals surface area contributed by atoms with E-state index in [2.05, 4.69) is 15.3 Å². The third-order valence-electron chi connectivity index (χ3n) is 3.47. The van der Waals surface area contributed by atoms with E-state index in [4.69, 9.17) is 4.74 Å². The number of hydrogen-bond acceptors (Lipinski definition) is 4. The van der Waals surface area contributed by atoms with Gasteiger partial charge in [-0.2, -0.15) is 0 Å². The van der Waals surface area contributed by atoms with Crippen LogP contribution in [-0.4, -0.2) is 22.5 Å². The summed E-state index contributed by atoms with van der Waals surface area (Å²) in [5.41, 5.74) is 2.58. The van der Waals surface area contributed by atoms with Crippen LogP contribution in [0.4, 0.5) is 4.39 Å². The Morgan fingerprint density at radius 3 is 2.80 bits per heavy atom. The smallest absolute Gasteiger partial charge is 0.258 e. The van der Waals surface area contributed by atoms with Gasteiger partial charge in [-0.25, -0.2) is 4.39 Å². The molecular weight excluding hydrogens is 321 g/mol. The average Bonchev–Trinajstić information content (AvgIpc) is 2.67. The molecule has 5 nitrogen and oxygen atoms in total. The molecule has 0 radical (unpaired) electrons. The number of amides is 1. The third-order valence-corrected chi connectivity index (χ3v) is 3.47. The van der Waals surface area contributed by atoms with Gasteiger partial charge in [0.1, 0.15) is 0 Å². The summed E-state index contributed by atoms with van der Waals surface area (Å²) in [6.07, 6.45) is 5.11. The number of ether oxygens (including phenoxy) is 1. The molecule has 0 aliphatic carbocycles. The van der Waals surface area contributed by atoms with Crippen LogP contribution in [0.1, 0.15) is 5.56 Å². The number of pyridine rings is 2. The molecule has 3 rings (SSSR count). The standard InChI is InChI=1S/C19H16FN3O2/c20-16-5-1-2-6-18(16)25-13-19(24)23-11-14-7-9-22-17(10-14)15-4-3-8-21-12-15/h1-10,12H,11,13H2,(H,23,24). The minimum atomic E-state index is -0.495. The summed E-state index contributed by atoms with van der Waals surface area (Å²) in [6, 6.07) is 13.4. The second kappa shape index (κ2) is 8.01. The first-order chi connectivity index (χ1) is 12.2. The van der Waals surface area contributed by atoms with Crippen LogP contribution in [0.25, 0.3) is 11.3 Å². The molecule has 2 heterocycles. The van der Waals surface area contributed by atoms with Gasteiger partial charge in [0.05, 0.1) is 5.69 Å². The van der Waals surface area contributed by atoms with E-state index >= 15 is 0 Å². The molecule has 6 heteroatoms. The molecule has 1 N–H and O–H groups in total. The van der Waals surface area contributed by atoms with Crippen molar-refractivity contribution in [3.63, 3.8) is 0 Å². The van der Waals surface area contributed by atoms with E-state index in [1.54, 1.807) is 30.7 Å². The predicted octanol–water partition coefficient (Wildman–Crippen LogP) is 2.98. The van der Waals surface area contributed by atoms with Crippen LogP contribution < -0.4 is 10.1 Å². The number of hydrogen-bond donors (Lipinski definition) is 1. The molecule has 0 bridgehead atoms. The highest BCUT2D eigenvalue weighted by atomic mass is 19.1. The third kappa shape index (κ3) is 4.60. The first-order valence-electron chi connectivity index (χ1n) is 7.72. The van der Waals surface area contributed by atoms with Crippen molar-refractivity contribution in [3.05, 3.63) is 78.5 Å². The Balaban J connectivity index is 1.55. The van der Waals surface area contributed by atoms with Crippen LogP contribution >= 0.6 is 0 Å². The highest BCUT2D eigenvalue weighted by Gasteiger charge is 2.07. The summed E-state index contributed by atoms with van der Waals surface area (Å²) in [6.45, 7) is 0.0801. The highest BCUT2D eigenvalue weighted by molar-refractivity contribution is 5.77. The Kier molecular flexibility index (Phi) is 5.31. The van der Waals surface area contributed by atoms with Gasteiger partial charge in [0.15, 0.2) is 18.2 Å². The monoisotopic (exact) mass is 337 g/mol. The van der Waals surface area contributed by atoms with E-state index in [0.717, 1.165) is 16.8 Å². The van der Waals surface area contributed by atoms with Gasteiger partial charge in [-0.15, -0.1) is 0 Å². The number of carbonyl (C=O) groups excluding carboxylic acids is 1. The molecule has 3 aromatic rings.